The summed E-state index contributed by atoms with van der Waals surface area (Å²) in [6, 6.07) is 5.41. The molecule has 4 nitrogen and oxygen atoms in total. The molecule has 0 fully saturated rings. The summed E-state index contributed by atoms with van der Waals surface area (Å²) < 4.78 is 5.98. The van der Waals surface area contributed by atoms with E-state index in [1.807, 2.05) is 6.07 Å². The van der Waals surface area contributed by atoms with Gasteiger partial charge in [0.1, 0.15) is 5.75 Å². The molecule has 0 aliphatic rings. The standard InChI is InChI=1S/C12H17IN2O2/c1-17-9-4-5-10(11(13)8-9)12(16)15-7-3-2-6-14/h4-5,8H,2-3,6-7,14H2,1H3,(H,15,16). The molecular weight excluding hydrogens is 331 g/mol. The third-order valence-electron chi connectivity index (χ3n) is 2.34. The smallest absolute Gasteiger partial charge is 0.252 e. The number of hydrogen-bond donors (Lipinski definition) is 2. The van der Waals surface area contributed by atoms with Crippen molar-refractivity contribution in [2.75, 3.05) is 20.2 Å². The van der Waals surface area contributed by atoms with E-state index in [1.165, 1.54) is 0 Å². The largest absolute Gasteiger partial charge is 0.497 e. The Morgan fingerprint density at radius 1 is 1.47 bits per heavy atom. The van der Waals surface area contributed by atoms with Gasteiger partial charge in [0.25, 0.3) is 5.91 Å². The lowest BCUT2D eigenvalue weighted by Crippen LogP contribution is -2.25. The van der Waals surface area contributed by atoms with Crippen LogP contribution in [0.25, 0.3) is 0 Å². The molecule has 0 aliphatic carbocycles. The molecule has 1 aromatic carbocycles. The fraction of sp³-hybridized carbons (Fsp3) is 0.417. The summed E-state index contributed by atoms with van der Waals surface area (Å²) in [6.07, 6.45) is 1.84. The summed E-state index contributed by atoms with van der Waals surface area (Å²) in [4.78, 5) is 11.8. The van der Waals surface area contributed by atoms with E-state index in [1.54, 1.807) is 19.2 Å². The zero-order valence-electron chi connectivity index (χ0n) is 9.83. The van der Waals surface area contributed by atoms with E-state index in [9.17, 15) is 4.79 Å². The minimum absolute atomic E-state index is 0.0472. The number of ether oxygens (including phenoxy) is 1. The SMILES string of the molecule is COc1ccc(C(=O)NCCCCN)c(I)c1. The first-order chi connectivity index (χ1) is 8.19. The number of carbonyl (C=O) groups excluding carboxylic acids is 1. The molecule has 0 radical (unpaired) electrons. The minimum Gasteiger partial charge on any atom is -0.497 e. The van der Waals surface area contributed by atoms with Gasteiger partial charge in [0, 0.05) is 10.1 Å². The first kappa shape index (κ1) is 14.2. The fourth-order valence-electron chi connectivity index (χ4n) is 1.37. The Bertz CT molecular complexity index is 383. The van der Waals surface area contributed by atoms with E-state index in [0.29, 0.717) is 18.7 Å². The van der Waals surface area contributed by atoms with Gasteiger partial charge in [0.05, 0.1) is 12.7 Å². The summed E-state index contributed by atoms with van der Waals surface area (Å²) in [5, 5.41) is 2.87. The van der Waals surface area contributed by atoms with E-state index < -0.39 is 0 Å². The average Bonchev–Trinajstić information content (AvgIpc) is 2.34. The number of rotatable bonds is 6. The van der Waals surface area contributed by atoms with Gasteiger partial charge in [0.15, 0.2) is 0 Å². The highest BCUT2D eigenvalue weighted by Gasteiger charge is 2.09. The van der Waals surface area contributed by atoms with Crippen molar-refractivity contribution in [2.45, 2.75) is 12.8 Å². The van der Waals surface area contributed by atoms with E-state index in [-0.39, 0.29) is 5.91 Å². The van der Waals surface area contributed by atoms with E-state index >= 15 is 0 Å². The third kappa shape index (κ3) is 4.51. The average molecular weight is 348 g/mol. The lowest BCUT2D eigenvalue weighted by molar-refractivity contribution is 0.0952. The number of amides is 1. The van der Waals surface area contributed by atoms with Crippen molar-refractivity contribution < 1.29 is 9.53 Å². The quantitative estimate of drug-likeness (QED) is 0.608. The number of hydrogen-bond acceptors (Lipinski definition) is 3. The van der Waals surface area contributed by atoms with Crippen molar-refractivity contribution in [1.82, 2.24) is 5.32 Å². The molecule has 0 aromatic heterocycles. The monoisotopic (exact) mass is 348 g/mol. The molecule has 0 saturated heterocycles. The molecule has 1 amide bonds. The summed E-state index contributed by atoms with van der Waals surface area (Å²) in [5.41, 5.74) is 6.06. The molecule has 3 N–H and O–H groups in total. The highest BCUT2D eigenvalue weighted by Crippen LogP contribution is 2.19. The highest BCUT2D eigenvalue weighted by molar-refractivity contribution is 14.1. The van der Waals surface area contributed by atoms with Crippen molar-refractivity contribution in [1.29, 1.82) is 0 Å². The van der Waals surface area contributed by atoms with E-state index in [2.05, 4.69) is 27.9 Å². The van der Waals surface area contributed by atoms with Crippen LogP contribution in [0.1, 0.15) is 23.2 Å². The second kappa shape index (κ2) is 7.50. The van der Waals surface area contributed by atoms with Crippen LogP contribution in [0.5, 0.6) is 5.75 Å². The number of halogens is 1. The lowest BCUT2D eigenvalue weighted by atomic mass is 10.2. The maximum Gasteiger partial charge on any atom is 0.252 e. The van der Waals surface area contributed by atoms with Crippen LogP contribution < -0.4 is 15.8 Å². The summed E-state index contributed by atoms with van der Waals surface area (Å²) >= 11 is 2.13. The Morgan fingerprint density at radius 2 is 2.24 bits per heavy atom. The summed E-state index contributed by atoms with van der Waals surface area (Å²) in [7, 11) is 1.61. The Labute approximate surface area is 115 Å². The maximum atomic E-state index is 11.8. The summed E-state index contributed by atoms with van der Waals surface area (Å²) in [5.74, 6) is 0.711. The highest BCUT2D eigenvalue weighted by atomic mass is 127. The number of unbranched alkanes of at least 4 members (excludes halogenated alkanes) is 1. The molecule has 5 heteroatoms. The lowest BCUT2D eigenvalue weighted by Gasteiger charge is -2.08. The molecule has 0 aliphatic heterocycles. The number of methoxy groups -OCH3 is 1. The van der Waals surface area contributed by atoms with Crippen LogP contribution in [0.3, 0.4) is 0 Å². The molecule has 0 saturated carbocycles. The summed E-state index contributed by atoms with van der Waals surface area (Å²) in [6.45, 7) is 1.33. The second-order valence-electron chi connectivity index (χ2n) is 3.60. The molecule has 17 heavy (non-hydrogen) atoms. The van der Waals surface area contributed by atoms with Crippen LogP contribution in [0.2, 0.25) is 0 Å². The van der Waals surface area contributed by atoms with Crippen LogP contribution in [0, 0.1) is 3.57 Å². The van der Waals surface area contributed by atoms with E-state index in [0.717, 1.165) is 22.2 Å². The Hall–Kier alpha value is -0.820. The zero-order chi connectivity index (χ0) is 12.7. The predicted octanol–water partition coefficient (Wildman–Crippen LogP) is 1.77. The predicted molar refractivity (Wildman–Crippen MR) is 76.3 cm³/mol. The molecule has 0 unspecified atom stereocenters. The van der Waals surface area contributed by atoms with Gasteiger partial charge in [-0.1, -0.05) is 0 Å². The topological polar surface area (TPSA) is 64.3 Å². The van der Waals surface area contributed by atoms with Crippen LogP contribution in [-0.4, -0.2) is 26.1 Å². The van der Waals surface area contributed by atoms with Crippen LogP contribution in [-0.2, 0) is 0 Å². The van der Waals surface area contributed by atoms with Crippen molar-refractivity contribution in [3.8, 4) is 5.75 Å². The first-order valence-electron chi connectivity index (χ1n) is 5.51. The normalized spacial score (nSPS) is 10.1. The van der Waals surface area contributed by atoms with Gasteiger partial charge >= 0.3 is 0 Å². The Balaban J connectivity index is 2.57. The van der Waals surface area contributed by atoms with Gasteiger partial charge in [-0.15, -0.1) is 0 Å². The molecule has 1 rings (SSSR count). The van der Waals surface area contributed by atoms with Gasteiger partial charge in [-0.05, 0) is 60.2 Å². The molecule has 0 atom stereocenters. The van der Waals surface area contributed by atoms with Gasteiger partial charge in [-0.25, -0.2) is 0 Å². The van der Waals surface area contributed by atoms with Crippen molar-refractivity contribution in [3.05, 3.63) is 27.3 Å². The van der Waals surface area contributed by atoms with Crippen molar-refractivity contribution in [2.24, 2.45) is 5.73 Å². The van der Waals surface area contributed by atoms with Crippen molar-refractivity contribution in [3.63, 3.8) is 0 Å². The van der Waals surface area contributed by atoms with Gasteiger partial charge < -0.3 is 15.8 Å². The first-order valence-corrected chi connectivity index (χ1v) is 6.58. The molecule has 94 valence electrons. The van der Waals surface area contributed by atoms with Gasteiger partial charge in [-0.2, -0.15) is 0 Å². The van der Waals surface area contributed by atoms with Crippen LogP contribution in [0.4, 0.5) is 0 Å². The fourth-order valence-corrected chi connectivity index (χ4v) is 2.11. The number of nitrogens with two attached hydrogens (primary N) is 1. The number of nitrogens with one attached hydrogen (secondary N) is 1. The zero-order valence-corrected chi connectivity index (χ0v) is 12.0. The second-order valence-corrected chi connectivity index (χ2v) is 4.76. The molecule has 0 heterocycles. The number of benzene rings is 1. The molecule has 1 aromatic rings. The van der Waals surface area contributed by atoms with Gasteiger partial charge in [-0.3, -0.25) is 4.79 Å². The Kier molecular flexibility index (Phi) is 6.28. The van der Waals surface area contributed by atoms with Crippen LogP contribution >= 0.6 is 22.6 Å². The minimum atomic E-state index is -0.0472. The maximum absolute atomic E-state index is 11.8. The molecule has 0 spiro atoms. The molecule has 0 bridgehead atoms. The molecular formula is C12H17IN2O2. The van der Waals surface area contributed by atoms with E-state index in [4.69, 9.17) is 10.5 Å². The van der Waals surface area contributed by atoms with Gasteiger partial charge in [0.2, 0.25) is 0 Å². The van der Waals surface area contributed by atoms with Crippen LogP contribution in [0.15, 0.2) is 18.2 Å². The van der Waals surface area contributed by atoms with Crippen molar-refractivity contribution >= 4 is 28.5 Å². The Morgan fingerprint density at radius 3 is 2.82 bits per heavy atom. The number of carbonyl (C=O) groups is 1. The third-order valence-corrected chi connectivity index (χ3v) is 3.23.